The molecule has 162 valence electrons. The van der Waals surface area contributed by atoms with E-state index in [1.807, 2.05) is 0 Å². The van der Waals surface area contributed by atoms with Crippen LogP contribution in [0.4, 0.5) is 4.79 Å². The second-order valence-corrected chi connectivity index (χ2v) is 8.92. The van der Waals surface area contributed by atoms with Crippen molar-refractivity contribution >= 4 is 18.0 Å². The summed E-state index contributed by atoms with van der Waals surface area (Å²) in [6.07, 6.45) is 0.748. The first-order chi connectivity index (χ1) is 13.3. The number of nitrogens with zero attached hydrogens (tertiary/aromatic N) is 2. The summed E-state index contributed by atoms with van der Waals surface area (Å²) in [6.45, 7) is 12.9. The van der Waals surface area contributed by atoms with Crippen molar-refractivity contribution in [2.75, 3.05) is 13.2 Å². The SMILES string of the molecule is CCOC(=O)c1[nH]nc(C(=O)OC(C)(C)C)c1[C@@H]1CCCN1C(=O)OC(C)(C)C. The van der Waals surface area contributed by atoms with Crippen LogP contribution in [0.15, 0.2) is 0 Å². The number of H-pyrrole nitrogens is 1. The van der Waals surface area contributed by atoms with Gasteiger partial charge in [0.05, 0.1) is 12.6 Å². The van der Waals surface area contributed by atoms with Crippen LogP contribution in [0.25, 0.3) is 0 Å². The largest absolute Gasteiger partial charge is 0.461 e. The van der Waals surface area contributed by atoms with E-state index in [-0.39, 0.29) is 18.0 Å². The van der Waals surface area contributed by atoms with Gasteiger partial charge in [0.1, 0.15) is 16.9 Å². The van der Waals surface area contributed by atoms with Crippen molar-refractivity contribution in [1.82, 2.24) is 15.1 Å². The van der Waals surface area contributed by atoms with E-state index in [2.05, 4.69) is 10.2 Å². The maximum absolute atomic E-state index is 12.7. The minimum absolute atomic E-state index is 0.0246. The summed E-state index contributed by atoms with van der Waals surface area (Å²) in [6, 6.07) is -0.550. The van der Waals surface area contributed by atoms with Gasteiger partial charge in [0, 0.05) is 12.1 Å². The molecule has 0 aliphatic carbocycles. The van der Waals surface area contributed by atoms with Gasteiger partial charge in [-0.1, -0.05) is 0 Å². The predicted molar refractivity (Wildman–Crippen MR) is 105 cm³/mol. The minimum Gasteiger partial charge on any atom is -0.461 e. The first-order valence-corrected chi connectivity index (χ1v) is 9.82. The summed E-state index contributed by atoms with van der Waals surface area (Å²) in [4.78, 5) is 39.5. The van der Waals surface area contributed by atoms with Gasteiger partial charge in [0.2, 0.25) is 0 Å². The third kappa shape index (κ3) is 5.71. The van der Waals surface area contributed by atoms with Crippen LogP contribution >= 0.6 is 0 Å². The van der Waals surface area contributed by atoms with Gasteiger partial charge < -0.3 is 19.1 Å². The number of nitrogens with one attached hydrogen (secondary N) is 1. The number of carbonyl (C=O) groups excluding carboxylic acids is 3. The van der Waals surface area contributed by atoms with Gasteiger partial charge in [-0.3, -0.25) is 5.10 Å². The molecule has 9 nitrogen and oxygen atoms in total. The Morgan fingerprint density at radius 2 is 1.69 bits per heavy atom. The molecule has 29 heavy (non-hydrogen) atoms. The second-order valence-electron chi connectivity index (χ2n) is 8.92. The monoisotopic (exact) mass is 409 g/mol. The highest BCUT2D eigenvalue weighted by atomic mass is 16.6. The number of ether oxygens (including phenoxy) is 3. The molecule has 1 aliphatic heterocycles. The van der Waals surface area contributed by atoms with Crippen molar-refractivity contribution in [1.29, 1.82) is 0 Å². The van der Waals surface area contributed by atoms with E-state index in [1.165, 1.54) is 4.90 Å². The number of aromatic amines is 1. The molecule has 1 aliphatic rings. The standard InChI is InChI=1S/C20H31N3O6/c1-8-27-16(24)14-13(15(22-21-14)17(25)28-19(2,3)4)12-10-9-11-23(12)18(26)29-20(5,6)7/h12H,8-11H2,1-7H3,(H,21,22)/t12-/m0/s1. The molecular formula is C20H31N3O6. The minimum atomic E-state index is -0.738. The van der Waals surface area contributed by atoms with Crippen molar-refractivity contribution in [3.63, 3.8) is 0 Å². The van der Waals surface area contributed by atoms with Crippen LogP contribution in [0.1, 0.15) is 93.9 Å². The molecule has 2 rings (SSSR count). The van der Waals surface area contributed by atoms with Crippen LogP contribution in [0.5, 0.6) is 0 Å². The quantitative estimate of drug-likeness (QED) is 0.597. The number of hydrogen-bond acceptors (Lipinski definition) is 7. The average molecular weight is 409 g/mol. The van der Waals surface area contributed by atoms with E-state index in [0.29, 0.717) is 24.9 Å². The maximum Gasteiger partial charge on any atom is 0.410 e. The molecule has 0 spiro atoms. The smallest absolute Gasteiger partial charge is 0.410 e. The van der Waals surface area contributed by atoms with Gasteiger partial charge >= 0.3 is 18.0 Å². The average Bonchev–Trinajstić information content (AvgIpc) is 3.18. The number of likely N-dealkylation sites (tertiary alicyclic amines) is 1. The topological polar surface area (TPSA) is 111 Å². The number of rotatable bonds is 4. The van der Waals surface area contributed by atoms with Crippen molar-refractivity contribution in [3.05, 3.63) is 17.0 Å². The molecule has 1 N–H and O–H groups in total. The van der Waals surface area contributed by atoms with Gasteiger partial charge in [-0.25, -0.2) is 14.4 Å². The molecule has 9 heteroatoms. The lowest BCUT2D eigenvalue weighted by Crippen LogP contribution is -2.37. The first-order valence-electron chi connectivity index (χ1n) is 9.82. The van der Waals surface area contributed by atoms with Crippen molar-refractivity contribution < 1.29 is 28.6 Å². The summed E-state index contributed by atoms with van der Waals surface area (Å²) in [5.41, 5.74) is -1.08. The van der Waals surface area contributed by atoms with Crippen molar-refractivity contribution in [2.24, 2.45) is 0 Å². The fourth-order valence-electron chi connectivity index (χ4n) is 3.12. The molecule has 1 fully saturated rings. The molecule has 0 radical (unpaired) electrons. The molecule has 0 bridgehead atoms. The molecule has 1 amide bonds. The Morgan fingerprint density at radius 3 is 2.24 bits per heavy atom. The van der Waals surface area contributed by atoms with Crippen LogP contribution < -0.4 is 0 Å². The van der Waals surface area contributed by atoms with Gasteiger partial charge in [-0.15, -0.1) is 0 Å². The Bertz CT molecular complexity index is 772. The van der Waals surface area contributed by atoms with E-state index in [1.54, 1.807) is 48.5 Å². The van der Waals surface area contributed by atoms with E-state index in [0.717, 1.165) is 0 Å². The lowest BCUT2D eigenvalue weighted by atomic mass is 10.0. The van der Waals surface area contributed by atoms with E-state index in [9.17, 15) is 14.4 Å². The van der Waals surface area contributed by atoms with Crippen LogP contribution in [-0.4, -0.2) is 57.5 Å². The van der Waals surface area contributed by atoms with Gasteiger partial charge in [0.25, 0.3) is 0 Å². The molecule has 1 atom stereocenters. The lowest BCUT2D eigenvalue weighted by Gasteiger charge is -2.29. The predicted octanol–water partition coefficient (Wildman–Crippen LogP) is 3.61. The second kappa shape index (κ2) is 8.42. The number of esters is 2. The highest BCUT2D eigenvalue weighted by molar-refractivity contribution is 5.96. The van der Waals surface area contributed by atoms with Crippen LogP contribution in [0.3, 0.4) is 0 Å². The fraction of sp³-hybridized carbons (Fsp3) is 0.700. The fourth-order valence-corrected chi connectivity index (χ4v) is 3.12. The van der Waals surface area contributed by atoms with E-state index < -0.39 is 35.3 Å². The summed E-state index contributed by atoms with van der Waals surface area (Å²) in [5.74, 6) is -1.31. The summed E-state index contributed by atoms with van der Waals surface area (Å²) in [5, 5.41) is 6.64. The molecular weight excluding hydrogens is 378 g/mol. The lowest BCUT2D eigenvalue weighted by molar-refractivity contribution is 0.00531. The Morgan fingerprint density at radius 1 is 1.07 bits per heavy atom. The van der Waals surface area contributed by atoms with E-state index >= 15 is 0 Å². The summed E-state index contributed by atoms with van der Waals surface area (Å²) in [7, 11) is 0. The van der Waals surface area contributed by atoms with Crippen molar-refractivity contribution in [2.45, 2.75) is 78.6 Å². The molecule has 2 heterocycles. The van der Waals surface area contributed by atoms with Crippen LogP contribution in [-0.2, 0) is 14.2 Å². The Kier molecular flexibility index (Phi) is 6.60. The summed E-state index contributed by atoms with van der Waals surface area (Å²) >= 11 is 0. The third-order valence-electron chi connectivity index (χ3n) is 4.09. The van der Waals surface area contributed by atoms with Crippen LogP contribution in [0, 0.1) is 0 Å². The van der Waals surface area contributed by atoms with E-state index in [4.69, 9.17) is 14.2 Å². The van der Waals surface area contributed by atoms with Crippen molar-refractivity contribution in [3.8, 4) is 0 Å². The Hall–Kier alpha value is -2.58. The molecule has 0 unspecified atom stereocenters. The maximum atomic E-state index is 12.7. The highest BCUT2D eigenvalue weighted by Crippen LogP contribution is 2.37. The zero-order valence-corrected chi connectivity index (χ0v) is 18.2. The van der Waals surface area contributed by atoms with Gasteiger partial charge in [-0.05, 0) is 61.3 Å². The van der Waals surface area contributed by atoms with Gasteiger partial charge in [-0.2, -0.15) is 5.10 Å². The number of amides is 1. The number of hydrogen-bond donors (Lipinski definition) is 1. The Labute approximate surface area is 171 Å². The zero-order valence-electron chi connectivity index (χ0n) is 18.2. The molecule has 1 aromatic heterocycles. The molecule has 1 saturated heterocycles. The zero-order chi connectivity index (χ0) is 22.0. The highest BCUT2D eigenvalue weighted by Gasteiger charge is 2.40. The normalized spacial score (nSPS) is 17.2. The molecule has 0 aromatic carbocycles. The molecule has 1 aromatic rings. The number of aromatic nitrogens is 2. The number of carbonyl (C=O) groups is 3. The first kappa shape index (κ1) is 22.7. The Balaban J connectivity index is 2.46. The summed E-state index contributed by atoms with van der Waals surface area (Å²) < 4.78 is 16.0. The van der Waals surface area contributed by atoms with Gasteiger partial charge in [0.15, 0.2) is 5.69 Å². The molecule has 0 saturated carbocycles. The van der Waals surface area contributed by atoms with Crippen LogP contribution in [0.2, 0.25) is 0 Å². The third-order valence-corrected chi connectivity index (χ3v) is 4.09.